The summed E-state index contributed by atoms with van der Waals surface area (Å²) < 4.78 is 33.5. The van der Waals surface area contributed by atoms with Crippen LogP contribution in [0.15, 0.2) is 30.6 Å². The zero-order valence-electron chi connectivity index (χ0n) is 15.0. The van der Waals surface area contributed by atoms with Crippen LogP contribution in [-0.2, 0) is 16.1 Å². The molecule has 2 heterocycles. The van der Waals surface area contributed by atoms with Gasteiger partial charge in [-0.2, -0.15) is 8.78 Å². The predicted octanol–water partition coefficient (Wildman–Crippen LogP) is 3.53. The summed E-state index contributed by atoms with van der Waals surface area (Å²) in [5.74, 6) is -0.241. The number of nitrogens with zero attached hydrogens (tertiary/aromatic N) is 2. The molecule has 7 nitrogen and oxygen atoms in total. The minimum Gasteiger partial charge on any atom is -0.480 e. The molecule has 0 bridgehead atoms. The Balaban J connectivity index is 1.77. The highest BCUT2D eigenvalue weighted by atomic mass is 35.5. The first-order valence-electron chi connectivity index (χ1n) is 8.26. The number of rotatable bonds is 7. The standard InChI is InChI=1S/C18H17ClF2N4O3/c1-9(28-18(20)21)17(26)24-6-11-3-10-4-13(19)12(5-14(10)25-11)15-7-23-16(27-2)8-22-15/h3-5,7-9,18,25H,6H2,1-2H3,(H,24,26)/t9-/m1/s1. The number of H-pyrrole nitrogens is 1. The van der Waals surface area contributed by atoms with E-state index in [0.29, 0.717) is 27.9 Å². The van der Waals surface area contributed by atoms with E-state index in [-0.39, 0.29) is 6.54 Å². The molecule has 0 spiro atoms. The van der Waals surface area contributed by atoms with Gasteiger partial charge in [-0.3, -0.25) is 4.79 Å². The van der Waals surface area contributed by atoms with Crippen LogP contribution < -0.4 is 10.1 Å². The van der Waals surface area contributed by atoms with E-state index in [0.717, 1.165) is 10.9 Å². The number of nitrogens with one attached hydrogen (secondary N) is 2. The molecule has 0 saturated carbocycles. The molecule has 3 aromatic rings. The zero-order valence-corrected chi connectivity index (χ0v) is 15.8. The number of hydrogen-bond donors (Lipinski definition) is 2. The Bertz CT molecular complexity index is 979. The molecule has 10 heteroatoms. The molecule has 0 aliphatic rings. The first-order valence-corrected chi connectivity index (χ1v) is 8.64. The highest BCUT2D eigenvalue weighted by Gasteiger charge is 2.18. The normalized spacial score (nSPS) is 12.4. The molecule has 148 valence electrons. The first-order chi connectivity index (χ1) is 13.4. The van der Waals surface area contributed by atoms with Crippen LogP contribution in [0.2, 0.25) is 5.02 Å². The average Bonchev–Trinajstić information content (AvgIpc) is 3.06. The summed E-state index contributed by atoms with van der Waals surface area (Å²) in [4.78, 5) is 23.3. The van der Waals surface area contributed by atoms with Crippen LogP contribution in [-0.4, -0.2) is 40.7 Å². The molecular weight excluding hydrogens is 394 g/mol. The van der Waals surface area contributed by atoms with E-state index in [1.807, 2.05) is 12.1 Å². The third kappa shape index (κ3) is 4.55. The maximum atomic E-state index is 12.2. The first kappa shape index (κ1) is 20.0. The van der Waals surface area contributed by atoms with Gasteiger partial charge in [0.15, 0.2) is 0 Å². The maximum Gasteiger partial charge on any atom is 0.346 e. The Morgan fingerprint density at radius 2 is 2.07 bits per heavy atom. The summed E-state index contributed by atoms with van der Waals surface area (Å²) in [6.45, 7) is -1.62. The minimum atomic E-state index is -3.00. The second kappa shape index (κ2) is 8.49. The minimum absolute atomic E-state index is 0.125. The van der Waals surface area contributed by atoms with Gasteiger partial charge in [0.05, 0.1) is 36.8 Å². The summed E-state index contributed by atoms with van der Waals surface area (Å²) in [5, 5.41) is 3.86. The molecule has 2 N–H and O–H groups in total. The van der Waals surface area contributed by atoms with E-state index in [1.165, 1.54) is 20.2 Å². The van der Waals surface area contributed by atoms with Crippen LogP contribution in [0.5, 0.6) is 5.88 Å². The fourth-order valence-corrected chi connectivity index (χ4v) is 2.88. The summed E-state index contributed by atoms with van der Waals surface area (Å²) >= 11 is 6.37. The quantitative estimate of drug-likeness (QED) is 0.622. The summed E-state index contributed by atoms with van der Waals surface area (Å²) in [7, 11) is 1.50. The molecule has 2 aromatic heterocycles. The number of halogens is 3. The number of hydrogen-bond acceptors (Lipinski definition) is 5. The summed E-state index contributed by atoms with van der Waals surface area (Å²) in [6, 6.07) is 5.40. The van der Waals surface area contributed by atoms with Gasteiger partial charge in [0, 0.05) is 22.2 Å². The van der Waals surface area contributed by atoms with E-state index in [1.54, 1.807) is 12.3 Å². The van der Waals surface area contributed by atoms with Gasteiger partial charge in [0.1, 0.15) is 6.10 Å². The van der Waals surface area contributed by atoms with Crippen molar-refractivity contribution in [1.29, 1.82) is 0 Å². The Morgan fingerprint density at radius 1 is 1.29 bits per heavy atom. The van der Waals surface area contributed by atoms with Crippen molar-refractivity contribution < 1.29 is 23.0 Å². The van der Waals surface area contributed by atoms with Crippen molar-refractivity contribution in [2.24, 2.45) is 0 Å². The van der Waals surface area contributed by atoms with Gasteiger partial charge in [-0.05, 0) is 25.1 Å². The van der Waals surface area contributed by atoms with Gasteiger partial charge in [0.2, 0.25) is 11.8 Å². The van der Waals surface area contributed by atoms with Crippen LogP contribution in [0.3, 0.4) is 0 Å². The second-order valence-corrected chi connectivity index (χ2v) is 6.32. The largest absolute Gasteiger partial charge is 0.480 e. The number of aromatic nitrogens is 3. The SMILES string of the molecule is COc1cnc(-c2cc3[nH]c(CNC(=O)[C@@H](C)OC(F)F)cc3cc2Cl)cn1. The Hall–Kier alpha value is -2.78. The van der Waals surface area contributed by atoms with Crippen molar-refractivity contribution in [3.8, 4) is 17.1 Å². The molecule has 0 aliphatic heterocycles. The number of methoxy groups -OCH3 is 1. The topological polar surface area (TPSA) is 89.1 Å². The summed E-state index contributed by atoms with van der Waals surface area (Å²) in [5.41, 5.74) is 2.72. The number of amides is 1. The third-order valence-corrected chi connectivity index (χ3v) is 4.32. The van der Waals surface area contributed by atoms with Crippen molar-refractivity contribution in [1.82, 2.24) is 20.3 Å². The Morgan fingerprint density at radius 3 is 2.71 bits per heavy atom. The van der Waals surface area contributed by atoms with Gasteiger partial charge in [-0.15, -0.1) is 0 Å². The number of alkyl halides is 2. The number of fused-ring (bicyclic) bond motifs is 1. The smallest absolute Gasteiger partial charge is 0.346 e. The van der Waals surface area contributed by atoms with E-state index in [9.17, 15) is 13.6 Å². The highest BCUT2D eigenvalue weighted by Crippen LogP contribution is 2.31. The number of ether oxygens (including phenoxy) is 2. The molecule has 0 fully saturated rings. The van der Waals surface area contributed by atoms with Crippen molar-refractivity contribution in [2.45, 2.75) is 26.2 Å². The fourth-order valence-electron chi connectivity index (χ4n) is 2.61. The molecule has 0 radical (unpaired) electrons. The number of aromatic amines is 1. The van der Waals surface area contributed by atoms with Crippen LogP contribution in [0.4, 0.5) is 8.78 Å². The lowest BCUT2D eigenvalue weighted by Crippen LogP contribution is -2.35. The molecule has 0 unspecified atom stereocenters. The van der Waals surface area contributed by atoms with Crippen LogP contribution in [0.1, 0.15) is 12.6 Å². The summed E-state index contributed by atoms with van der Waals surface area (Å²) in [6.07, 6.45) is 1.80. The molecule has 1 aromatic carbocycles. The zero-order chi connectivity index (χ0) is 20.3. The van der Waals surface area contributed by atoms with E-state index < -0.39 is 18.6 Å². The molecular formula is C18H17ClF2N4O3. The van der Waals surface area contributed by atoms with Gasteiger partial charge in [0.25, 0.3) is 0 Å². The number of carbonyl (C=O) groups excluding carboxylic acids is 1. The Labute approximate surface area is 164 Å². The van der Waals surface area contributed by atoms with Crippen molar-refractivity contribution >= 4 is 28.4 Å². The van der Waals surface area contributed by atoms with E-state index in [4.69, 9.17) is 16.3 Å². The second-order valence-electron chi connectivity index (χ2n) is 5.91. The van der Waals surface area contributed by atoms with Gasteiger partial charge in [-0.25, -0.2) is 9.97 Å². The van der Waals surface area contributed by atoms with Gasteiger partial charge in [-0.1, -0.05) is 11.6 Å². The third-order valence-electron chi connectivity index (χ3n) is 4.01. The van der Waals surface area contributed by atoms with Crippen LogP contribution in [0.25, 0.3) is 22.2 Å². The molecule has 1 atom stereocenters. The fraction of sp³-hybridized carbons (Fsp3) is 0.278. The van der Waals surface area contributed by atoms with Crippen LogP contribution >= 0.6 is 11.6 Å². The number of benzene rings is 1. The highest BCUT2D eigenvalue weighted by molar-refractivity contribution is 6.34. The Kier molecular flexibility index (Phi) is 6.05. The average molecular weight is 411 g/mol. The van der Waals surface area contributed by atoms with E-state index in [2.05, 4.69) is 25.0 Å². The lowest BCUT2D eigenvalue weighted by atomic mass is 10.1. The maximum absolute atomic E-state index is 12.2. The van der Waals surface area contributed by atoms with Crippen molar-refractivity contribution in [3.63, 3.8) is 0 Å². The lowest BCUT2D eigenvalue weighted by Gasteiger charge is -2.11. The van der Waals surface area contributed by atoms with Gasteiger partial charge >= 0.3 is 6.61 Å². The molecule has 0 aliphatic carbocycles. The number of carbonyl (C=O) groups is 1. The van der Waals surface area contributed by atoms with E-state index >= 15 is 0 Å². The predicted molar refractivity (Wildman–Crippen MR) is 99.3 cm³/mol. The monoisotopic (exact) mass is 410 g/mol. The molecule has 3 rings (SSSR count). The van der Waals surface area contributed by atoms with Crippen molar-refractivity contribution in [2.75, 3.05) is 7.11 Å². The molecule has 1 amide bonds. The lowest BCUT2D eigenvalue weighted by molar-refractivity contribution is -0.172. The van der Waals surface area contributed by atoms with Gasteiger partial charge < -0.3 is 19.8 Å². The van der Waals surface area contributed by atoms with Crippen LogP contribution in [0, 0.1) is 0 Å². The molecule has 28 heavy (non-hydrogen) atoms. The van der Waals surface area contributed by atoms with Crippen molar-refractivity contribution in [3.05, 3.63) is 41.3 Å². The molecule has 0 saturated heterocycles.